The molecule has 76 valence electrons. The van der Waals surface area contributed by atoms with Crippen LogP contribution in [-0.4, -0.2) is 37.1 Å². The second kappa shape index (κ2) is 4.40. The quantitative estimate of drug-likeness (QED) is 0.666. The molecule has 3 nitrogen and oxygen atoms in total. The van der Waals surface area contributed by atoms with Crippen molar-refractivity contribution in [3.8, 4) is 0 Å². The van der Waals surface area contributed by atoms with E-state index in [9.17, 15) is 0 Å². The average Bonchev–Trinajstić information content (AvgIpc) is 2.76. The van der Waals surface area contributed by atoms with Gasteiger partial charge in [-0.15, -0.1) is 0 Å². The summed E-state index contributed by atoms with van der Waals surface area (Å²) in [6.07, 6.45) is 5.41. The fraction of sp³-hybridized carbons (Fsp3) is 1.00. The molecule has 2 heterocycles. The highest BCUT2D eigenvalue weighted by atomic mass is 16.5. The summed E-state index contributed by atoms with van der Waals surface area (Å²) in [6, 6.07) is 0. The first-order valence-electron chi connectivity index (χ1n) is 5.40. The summed E-state index contributed by atoms with van der Waals surface area (Å²) in [6.45, 7) is 5.07. The molecule has 0 saturated carbocycles. The van der Waals surface area contributed by atoms with Gasteiger partial charge < -0.3 is 9.47 Å². The number of rotatable bonds is 3. The molecule has 0 aromatic rings. The van der Waals surface area contributed by atoms with Gasteiger partial charge in [0, 0.05) is 19.8 Å². The minimum absolute atomic E-state index is 0.327. The summed E-state index contributed by atoms with van der Waals surface area (Å²) < 4.78 is 11.3. The van der Waals surface area contributed by atoms with Gasteiger partial charge in [0.2, 0.25) is 0 Å². The fourth-order valence-electron chi connectivity index (χ4n) is 2.24. The lowest BCUT2D eigenvalue weighted by Gasteiger charge is -2.31. The third kappa shape index (κ3) is 2.03. The minimum atomic E-state index is 0.327. The summed E-state index contributed by atoms with van der Waals surface area (Å²) in [4.78, 5) is 2.36. The van der Waals surface area contributed by atoms with Crippen LogP contribution in [0.5, 0.6) is 0 Å². The molecule has 2 saturated heterocycles. The van der Waals surface area contributed by atoms with E-state index >= 15 is 0 Å². The van der Waals surface area contributed by atoms with Crippen LogP contribution in [0.2, 0.25) is 0 Å². The zero-order valence-electron chi connectivity index (χ0n) is 8.37. The highest BCUT2D eigenvalue weighted by Crippen LogP contribution is 2.24. The largest absolute Gasteiger partial charge is 0.363 e. The second-order valence-electron chi connectivity index (χ2n) is 3.77. The Kier molecular flexibility index (Phi) is 3.19. The van der Waals surface area contributed by atoms with E-state index in [1.807, 2.05) is 0 Å². The van der Waals surface area contributed by atoms with Crippen molar-refractivity contribution in [3.63, 3.8) is 0 Å². The minimum Gasteiger partial charge on any atom is -0.363 e. The Morgan fingerprint density at radius 3 is 1.92 bits per heavy atom. The van der Waals surface area contributed by atoms with Crippen molar-refractivity contribution in [2.24, 2.45) is 0 Å². The van der Waals surface area contributed by atoms with E-state index in [4.69, 9.17) is 9.47 Å². The molecule has 13 heavy (non-hydrogen) atoms. The summed E-state index contributed by atoms with van der Waals surface area (Å²) in [5.74, 6) is 0. The molecule has 0 aliphatic carbocycles. The number of ether oxygens (including phenoxy) is 2. The molecule has 0 bridgehead atoms. The molecular weight excluding hydrogens is 166 g/mol. The normalized spacial score (nSPS) is 34.6. The monoisotopic (exact) mass is 185 g/mol. The molecule has 0 N–H and O–H groups in total. The Morgan fingerprint density at radius 2 is 1.62 bits per heavy atom. The highest BCUT2D eigenvalue weighted by molar-refractivity contribution is 4.73. The zero-order valence-corrected chi connectivity index (χ0v) is 8.37. The van der Waals surface area contributed by atoms with Gasteiger partial charge in [0.15, 0.2) is 0 Å². The Balaban J connectivity index is 1.90. The third-order valence-corrected chi connectivity index (χ3v) is 2.92. The lowest BCUT2D eigenvalue weighted by molar-refractivity contribution is -0.114. The lowest BCUT2D eigenvalue weighted by atomic mass is 10.2. The van der Waals surface area contributed by atoms with Gasteiger partial charge in [0.1, 0.15) is 12.5 Å². The van der Waals surface area contributed by atoms with Gasteiger partial charge in [-0.05, 0) is 25.7 Å². The number of hydrogen-bond donors (Lipinski definition) is 0. The highest BCUT2D eigenvalue weighted by Gasteiger charge is 2.30. The van der Waals surface area contributed by atoms with Gasteiger partial charge in [-0.2, -0.15) is 0 Å². The van der Waals surface area contributed by atoms with Crippen LogP contribution in [-0.2, 0) is 9.47 Å². The van der Waals surface area contributed by atoms with Crippen LogP contribution in [0.3, 0.4) is 0 Å². The van der Waals surface area contributed by atoms with Gasteiger partial charge in [-0.25, -0.2) is 0 Å². The number of nitrogens with zero attached hydrogens (tertiary/aromatic N) is 1. The Labute approximate surface area is 80.0 Å². The molecule has 0 aromatic carbocycles. The molecule has 2 unspecified atom stereocenters. The van der Waals surface area contributed by atoms with Gasteiger partial charge in [0.25, 0.3) is 0 Å². The first-order chi connectivity index (χ1) is 6.42. The predicted molar refractivity (Wildman–Crippen MR) is 50.3 cm³/mol. The topological polar surface area (TPSA) is 21.7 Å². The van der Waals surface area contributed by atoms with Crippen LogP contribution < -0.4 is 0 Å². The lowest BCUT2D eigenvalue weighted by Crippen LogP contribution is -2.42. The molecule has 0 radical (unpaired) electrons. The standard InChI is InChI=1S/C10H19NO2/c1-2-11(9-5-3-7-12-9)10-6-4-8-13-10/h9-10H,2-8H2,1H3. The van der Waals surface area contributed by atoms with Crippen molar-refractivity contribution < 1.29 is 9.47 Å². The summed E-state index contributed by atoms with van der Waals surface area (Å²) in [5.41, 5.74) is 0. The van der Waals surface area contributed by atoms with E-state index in [0.29, 0.717) is 12.5 Å². The maximum atomic E-state index is 5.66. The van der Waals surface area contributed by atoms with Crippen LogP contribution in [0.25, 0.3) is 0 Å². The van der Waals surface area contributed by atoms with E-state index < -0.39 is 0 Å². The number of hydrogen-bond acceptors (Lipinski definition) is 3. The summed E-state index contributed by atoms with van der Waals surface area (Å²) in [5, 5.41) is 0. The van der Waals surface area contributed by atoms with E-state index in [2.05, 4.69) is 11.8 Å². The first kappa shape index (κ1) is 9.44. The molecule has 0 spiro atoms. The van der Waals surface area contributed by atoms with Crippen molar-refractivity contribution >= 4 is 0 Å². The molecule has 0 amide bonds. The Hall–Kier alpha value is -0.120. The maximum absolute atomic E-state index is 5.66. The van der Waals surface area contributed by atoms with Crippen LogP contribution >= 0.6 is 0 Å². The second-order valence-corrected chi connectivity index (χ2v) is 3.77. The van der Waals surface area contributed by atoms with Crippen LogP contribution in [0, 0.1) is 0 Å². The summed E-state index contributed by atoms with van der Waals surface area (Å²) in [7, 11) is 0. The molecule has 3 heteroatoms. The SMILES string of the molecule is CCN(C1CCCO1)C1CCCO1. The van der Waals surface area contributed by atoms with Crippen LogP contribution in [0.4, 0.5) is 0 Å². The van der Waals surface area contributed by atoms with Crippen molar-refractivity contribution in [2.45, 2.75) is 45.1 Å². The van der Waals surface area contributed by atoms with Crippen molar-refractivity contribution in [1.82, 2.24) is 4.90 Å². The van der Waals surface area contributed by atoms with Crippen molar-refractivity contribution in [2.75, 3.05) is 19.8 Å². The molecule has 2 atom stereocenters. The van der Waals surface area contributed by atoms with Crippen molar-refractivity contribution in [3.05, 3.63) is 0 Å². The molecule has 0 aromatic heterocycles. The van der Waals surface area contributed by atoms with E-state index in [1.165, 1.54) is 25.7 Å². The van der Waals surface area contributed by atoms with E-state index in [0.717, 1.165) is 19.8 Å². The third-order valence-electron chi connectivity index (χ3n) is 2.92. The molecule has 2 rings (SSSR count). The Morgan fingerprint density at radius 1 is 1.08 bits per heavy atom. The van der Waals surface area contributed by atoms with Crippen LogP contribution in [0.15, 0.2) is 0 Å². The molecule has 2 fully saturated rings. The summed E-state index contributed by atoms with van der Waals surface area (Å²) >= 11 is 0. The average molecular weight is 185 g/mol. The zero-order chi connectivity index (χ0) is 9.10. The smallest absolute Gasteiger partial charge is 0.112 e. The molecular formula is C10H19NO2. The van der Waals surface area contributed by atoms with Gasteiger partial charge in [0.05, 0.1) is 0 Å². The van der Waals surface area contributed by atoms with Crippen molar-refractivity contribution in [1.29, 1.82) is 0 Å². The Bertz CT molecular complexity index is 135. The maximum Gasteiger partial charge on any atom is 0.112 e. The molecule has 2 aliphatic heterocycles. The van der Waals surface area contributed by atoms with E-state index in [-0.39, 0.29) is 0 Å². The van der Waals surface area contributed by atoms with Crippen LogP contribution in [0.1, 0.15) is 32.6 Å². The van der Waals surface area contributed by atoms with Gasteiger partial charge in [-0.3, -0.25) is 4.90 Å². The fourth-order valence-corrected chi connectivity index (χ4v) is 2.24. The van der Waals surface area contributed by atoms with E-state index in [1.54, 1.807) is 0 Å². The molecule has 2 aliphatic rings. The first-order valence-corrected chi connectivity index (χ1v) is 5.40. The predicted octanol–water partition coefficient (Wildman–Crippen LogP) is 1.58. The van der Waals surface area contributed by atoms with Gasteiger partial charge in [-0.1, -0.05) is 6.92 Å². The van der Waals surface area contributed by atoms with Gasteiger partial charge >= 0.3 is 0 Å².